The number of halogens is 1. The lowest BCUT2D eigenvalue weighted by Gasteiger charge is -2.56. The van der Waals surface area contributed by atoms with Crippen molar-refractivity contribution < 1.29 is 19.4 Å². The molecule has 6 heteroatoms. The number of amides is 1. The number of ether oxygens (including phenoxy) is 1. The maximum absolute atomic E-state index is 12.4. The van der Waals surface area contributed by atoms with E-state index in [-0.39, 0.29) is 11.8 Å². The minimum Gasteiger partial charge on any atom is -0.453 e. The molecule has 2 saturated heterocycles. The van der Waals surface area contributed by atoms with Gasteiger partial charge >= 0.3 is 5.97 Å². The van der Waals surface area contributed by atoms with Crippen LogP contribution in [-0.2, 0) is 14.3 Å². The molecule has 1 unspecified atom stereocenters. The summed E-state index contributed by atoms with van der Waals surface area (Å²) in [5, 5.41) is 13.7. The molecule has 5 nitrogen and oxygen atoms in total. The quantitative estimate of drug-likeness (QED) is 0.456. The van der Waals surface area contributed by atoms with Crippen LogP contribution in [0.3, 0.4) is 0 Å². The molecule has 2 N–H and O–H groups in total. The van der Waals surface area contributed by atoms with Gasteiger partial charge in [-0.05, 0) is 32.1 Å². The van der Waals surface area contributed by atoms with Crippen LogP contribution >= 0.6 is 11.6 Å². The fraction of sp³-hybridized carbons (Fsp3) is 0.750. The molecule has 0 aromatic heterocycles. The topological polar surface area (TPSA) is 75.6 Å². The number of fused-ring (bicyclic) bond motifs is 1. The van der Waals surface area contributed by atoms with E-state index in [1.807, 2.05) is 19.1 Å². The Balaban J connectivity index is 1.98. The van der Waals surface area contributed by atoms with Gasteiger partial charge in [0.15, 0.2) is 5.60 Å². The molecule has 2 fully saturated rings. The van der Waals surface area contributed by atoms with Gasteiger partial charge in [-0.15, -0.1) is 11.6 Å². The average Bonchev–Trinajstić information content (AvgIpc) is 2.73. The zero-order valence-corrected chi connectivity index (χ0v) is 13.4. The summed E-state index contributed by atoms with van der Waals surface area (Å²) in [5.74, 6) is -1.08. The molecule has 0 radical (unpaired) electrons. The Morgan fingerprint density at radius 2 is 2.32 bits per heavy atom. The second kappa shape index (κ2) is 5.53. The first-order chi connectivity index (χ1) is 10.5. The molecule has 2 aliphatic heterocycles. The second-order valence-corrected chi connectivity index (χ2v) is 6.81. The van der Waals surface area contributed by atoms with Gasteiger partial charge in [-0.2, -0.15) is 0 Å². The lowest BCUT2D eigenvalue weighted by Crippen LogP contribution is -2.80. The molecule has 122 valence electrons. The summed E-state index contributed by atoms with van der Waals surface area (Å²) in [6.45, 7) is 1.88. The second-order valence-electron chi connectivity index (χ2n) is 6.43. The fourth-order valence-corrected chi connectivity index (χ4v) is 4.61. The molecule has 22 heavy (non-hydrogen) atoms. The number of carbonyl (C=O) groups is 2. The summed E-state index contributed by atoms with van der Waals surface area (Å²) < 4.78 is 5.49. The molecule has 1 amide bonds. The van der Waals surface area contributed by atoms with Crippen molar-refractivity contribution in [2.45, 2.75) is 56.3 Å². The summed E-state index contributed by atoms with van der Waals surface area (Å²) in [4.78, 5) is 24.7. The van der Waals surface area contributed by atoms with Crippen LogP contribution in [0, 0.1) is 11.8 Å². The fourth-order valence-electron chi connectivity index (χ4n) is 4.39. The van der Waals surface area contributed by atoms with Crippen molar-refractivity contribution in [2.24, 2.45) is 11.8 Å². The highest BCUT2D eigenvalue weighted by molar-refractivity contribution is 6.18. The number of esters is 1. The van der Waals surface area contributed by atoms with Gasteiger partial charge in [-0.3, -0.25) is 4.79 Å². The molecular formula is C16H22ClNO4. The van der Waals surface area contributed by atoms with Gasteiger partial charge in [0.2, 0.25) is 11.4 Å². The van der Waals surface area contributed by atoms with Gasteiger partial charge in [-0.1, -0.05) is 19.1 Å². The Labute approximate surface area is 135 Å². The summed E-state index contributed by atoms with van der Waals surface area (Å²) >= 11 is 5.82. The molecule has 0 spiro atoms. The molecule has 5 atom stereocenters. The van der Waals surface area contributed by atoms with E-state index in [2.05, 4.69) is 5.32 Å². The summed E-state index contributed by atoms with van der Waals surface area (Å²) in [7, 11) is 0. The van der Waals surface area contributed by atoms with E-state index in [9.17, 15) is 14.7 Å². The third-order valence-corrected chi connectivity index (χ3v) is 5.75. The first-order valence-corrected chi connectivity index (χ1v) is 8.53. The van der Waals surface area contributed by atoms with Gasteiger partial charge in [0.05, 0.1) is 12.0 Å². The number of hydrogen-bond acceptors (Lipinski definition) is 4. The Morgan fingerprint density at radius 1 is 1.55 bits per heavy atom. The van der Waals surface area contributed by atoms with Crippen LogP contribution in [0.15, 0.2) is 12.2 Å². The van der Waals surface area contributed by atoms with Crippen molar-refractivity contribution >= 4 is 23.5 Å². The number of aliphatic hydroxyl groups excluding tert-OH is 1. The lowest BCUT2D eigenvalue weighted by atomic mass is 9.62. The van der Waals surface area contributed by atoms with E-state index in [1.165, 1.54) is 0 Å². The molecule has 1 aliphatic carbocycles. The Kier molecular flexibility index (Phi) is 3.98. The third-order valence-electron chi connectivity index (χ3n) is 5.53. The van der Waals surface area contributed by atoms with Gasteiger partial charge in [0.25, 0.3) is 0 Å². The number of rotatable bonds is 5. The molecule has 3 aliphatic rings. The number of nitrogens with one attached hydrogen (secondary N) is 1. The van der Waals surface area contributed by atoms with Crippen LogP contribution in [0.2, 0.25) is 0 Å². The normalized spacial score (nSPS) is 41.4. The van der Waals surface area contributed by atoms with E-state index in [4.69, 9.17) is 16.3 Å². The van der Waals surface area contributed by atoms with Crippen LogP contribution in [-0.4, -0.2) is 40.1 Å². The largest absolute Gasteiger partial charge is 0.453 e. The van der Waals surface area contributed by atoms with E-state index in [1.54, 1.807) is 0 Å². The number of carbonyl (C=O) groups excluding carboxylic acids is 2. The van der Waals surface area contributed by atoms with E-state index >= 15 is 0 Å². The van der Waals surface area contributed by atoms with Crippen LogP contribution in [0.5, 0.6) is 0 Å². The number of hydrogen-bond donors (Lipinski definition) is 2. The zero-order chi connectivity index (χ0) is 16.0. The molecule has 3 rings (SSSR count). The van der Waals surface area contributed by atoms with E-state index in [0.717, 1.165) is 19.3 Å². The Bertz CT molecular complexity index is 522. The number of alkyl halides is 1. The van der Waals surface area contributed by atoms with Gasteiger partial charge in [0, 0.05) is 11.8 Å². The van der Waals surface area contributed by atoms with Crippen molar-refractivity contribution in [1.82, 2.24) is 5.32 Å². The van der Waals surface area contributed by atoms with Crippen LogP contribution in [0.1, 0.15) is 39.0 Å². The minimum atomic E-state index is -1.32. The van der Waals surface area contributed by atoms with Crippen LogP contribution < -0.4 is 5.32 Å². The third kappa shape index (κ3) is 1.81. The standard InChI is InChI=1S/C16H22ClNO4/c1-2-15-11(8-9-17)13(20)18-16(15,14(21)22-15)12(19)10-6-4-3-5-7-10/h4,6,10-12,19H,2-3,5,7-9H2,1H3,(H,18,20)/t10?,11-,12-,15-,16-/m0/s1. The van der Waals surface area contributed by atoms with E-state index in [0.29, 0.717) is 18.7 Å². The first kappa shape index (κ1) is 15.8. The summed E-state index contributed by atoms with van der Waals surface area (Å²) in [6.07, 6.45) is 6.70. The van der Waals surface area contributed by atoms with Crippen molar-refractivity contribution in [3.63, 3.8) is 0 Å². The highest BCUT2D eigenvalue weighted by Gasteiger charge is 2.80. The maximum Gasteiger partial charge on any atom is 0.339 e. The molecular weight excluding hydrogens is 306 g/mol. The number of allylic oxidation sites excluding steroid dienone is 1. The zero-order valence-electron chi connectivity index (χ0n) is 12.7. The van der Waals surface area contributed by atoms with Crippen LogP contribution in [0.4, 0.5) is 0 Å². The van der Waals surface area contributed by atoms with Crippen molar-refractivity contribution in [1.29, 1.82) is 0 Å². The van der Waals surface area contributed by atoms with Crippen LogP contribution in [0.25, 0.3) is 0 Å². The van der Waals surface area contributed by atoms with Gasteiger partial charge in [-0.25, -0.2) is 4.79 Å². The van der Waals surface area contributed by atoms with Gasteiger partial charge < -0.3 is 15.2 Å². The van der Waals surface area contributed by atoms with E-state index < -0.39 is 29.1 Å². The Hall–Kier alpha value is -1.07. The van der Waals surface area contributed by atoms with Gasteiger partial charge in [0.1, 0.15) is 0 Å². The molecule has 0 saturated carbocycles. The highest BCUT2D eigenvalue weighted by Crippen LogP contribution is 2.55. The lowest BCUT2D eigenvalue weighted by molar-refractivity contribution is -0.244. The molecule has 2 heterocycles. The predicted octanol–water partition coefficient (Wildman–Crippen LogP) is 1.52. The highest BCUT2D eigenvalue weighted by atomic mass is 35.5. The summed E-state index contributed by atoms with van der Waals surface area (Å²) in [5.41, 5.74) is -2.29. The maximum atomic E-state index is 12.4. The van der Waals surface area contributed by atoms with Crippen molar-refractivity contribution in [2.75, 3.05) is 5.88 Å². The summed E-state index contributed by atoms with van der Waals surface area (Å²) in [6, 6.07) is 0. The predicted molar refractivity (Wildman–Crippen MR) is 81.3 cm³/mol. The van der Waals surface area contributed by atoms with Crippen molar-refractivity contribution in [3.05, 3.63) is 12.2 Å². The minimum absolute atomic E-state index is 0.137. The molecule has 0 aromatic rings. The first-order valence-electron chi connectivity index (χ1n) is 7.99. The molecule has 0 bridgehead atoms. The smallest absolute Gasteiger partial charge is 0.339 e. The molecule has 0 aromatic carbocycles. The Morgan fingerprint density at radius 3 is 2.86 bits per heavy atom. The monoisotopic (exact) mass is 327 g/mol. The SMILES string of the molecule is CC[C@@]12OC(=O)[C@]1([C@@H](O)C1C=CCCC1)NC(=O)[C@@H]2CCCl. The average molecular weight is 328 g/mol. The number of aliphatic hydroxyl groups is 1. The van der Waals surface area contributed by atoms with Crippen molar-refractivity contribution in [3.8, 4) is 0 Å².